The molecule has 4 unspecified atom stereocenters. The molecule has 2 rings (SSSR count). The molecule has 0 heterocycles. The van der Waals surface area contributed by atoms with Gasteiger partial charge in [0.25, 0.3) is 0 Å². The quantitative estimate of drug-likeness (QED) is 0.820. The van der Waals surface area contributed by atoms with Crippen molar-refractivity contribution in [3.8, 4) is 0 Å². The Bertz CT molecular complexity index is 346. The zero-order valence-electron chi connectivity index (χ0n) is 12.0. The number of hydrogen-bond acceptors (Lipinski definition) is 1. The first-order valence-corrected chi connectivity index (χ1v) is 7.51. The molecule has 0 spiro atoms. The van der Waals surface area contributed by atoms with Crippen LogP contribution in [0.3, 0.4) is 0 Å². The molecule has 0 amide bonds. The molecule has 100 valence electrons. The molecule has 1 saturated carbocycles. The largest absolute Gasteiger partial charge is 0.307 e. The van der Waals surface area contributed by atoms with Crippen molar-refractivity contribution in [2.75, 3.05) is 0 Å². The number of benzene rings is 1. The highest BCUT2D eigenvalue weighted by Gasteiger charge is 2.27. The monoisotopic (exact) mass is 245 g/mol. The van der Waals surface area contributed by atoms with Crippen molar-refractivity contribution in [2.24, 2.45) is 11.8 Å². The fraction of sp³-hybridized carbons (Fsp3) is 0.647. The third-order valence-corrected chi connectivity index (χ3v) is 4.48. The minimum Gasteiger partial charge on any atom is -0.307 e. The van der Waals surface area contributed by atoms with Crippen LogP contribution in [0.1, 0.15) is 58.1 Å². The Hall–Kier alpha value is -0.820. The smallest absolute Gasteiger partial charge is 0.0320 e. The molecule has 1 nitrogen and oxygen atoms in total. The third kappa shape index (κ3) is 3.35. The first-order valence-electron chi connectivity index (χ1n) is 7.51. The summed E-state index contributed by atoms with van der Waals surface area (Å²) in [6.07, 6.45) is 5.29. The molecule has 1 aliphatic rings. The molecular formula is C17H27N. The van der Waals surface area contributed by atoms with Crippen LogP contribution in [0.25, 0.3) is 0 Å². The second-order valence-corrected chi connectivity index (χ2v) is 6.04. The summed E-state index contributed by atoms with van der Waals surface area (Å²) in [5.41, 5.74) is 1.44. The summed E-state index contributed by atoms with van der Waals surface area (Å²) >= 11 is 0. The van der Waals surface area contributed by atoms with E-state index in [1.807, 2.05) is 0 Å². The first kappa shape index (κ1) is 13.6. The zero-order valence-corrected chi connectivity index (χ0v) is 12.0. The lowest BCUT2D eigenvalue weighted by Crippen LogP contribution is -2.41. The van der Waals surface area contributed by atoms with Gasteiger partial charge in [0.15, 0.2) is 0 Å². The summed E-state index contributed by atoms with van der Waals surface area (Å²) in [5, 5.41) is 3.90. The molecule has 0 aliphatic heterocycles. The van der Waals surface area contributed by atoms with Gasteiger partial charge < -0.3 is 5.32 Å². The van der Waals surface area contributed by atoms with Crippen LogP contribution < -0.4 is 5.32 Å². The van der Waals surface area contributed by atoms with E-state index in [4.69, 9.17) is 0 Å². The highest BCUT2D eigenvalue weighted by molar-refractivity contribution is 5.19. The van der Waals surface area contributed by atoms with Crippen LogP contribution in [0.4, 0.5) is 0 Å². The van der Waals surface area contributed by atoms with E-state index >= 15 is 0 Å². The maximum absolute atomic E-state index is 3.90. The van der Waals surface area contributed by atoms with E-state index < -0.39 is 0 Å². The highest BCUT2D eigenvalue weighted by Crippen LogP contribution is 2.30. The summed E-state index contributed by atoms with van der Waals surface area (Å²) in [6, 6.07) is 12.1. The van der Waals surface area contributed by atoms with Crippen LogP contribution in [0.2, 0.25) is 0 Å². The molecule has 1 aromatic carbocycles. The van der Waals surface area contributed by atoms with Crippen LogP contribution >= 0.6 is 0 Å². The average molecular weight is 245 g/mol. The second-order valence-electron chi connectivity index (χ2n) is 6.04. The van der Waals surface area contributed by atoms with E-state index in [-0.39, 0.29) is 0 Å². The Kier molecular flexibility index (Phi) is 4.82. The van der Waals surface area contributed by atoms with Crippen LogP contribution in [0.15, 0.2) is 30.3 Å². The summed E-state index contributed by atoms with van der Waals surface area (Å²) in [5.74, 6) is 1.70. The van der Waals surface area contributed by atoms with Gasteiger partial charge >= 0.3 is 0 Å². The molecule has 0 radical (unpaired) electrons. The molecule has 0 saturated heterocycles. The van der Waals surface area contributed by atoms with Crippen molar-refractivity contribution in [1.82, 2.24) is 5.32 Å². The van der Waals surface area contributed by atoms with E-state index in [0.717, 1.165) is 11.8 Å². The van der Waals surface area contributed by atoms with Crippen LogP contribution in [0.5, 0.6) is 0 Å². The third-order valence-electron chi connectivity index (χ3n) is 4.48. The van der Waals surface area contributed by atoms with E-state index in [9.17, 15) is 0 Å². The first-order chi connectivity index (χ1) is 8.70. The fourth-order valence-electron chi connectivity index (χ4n) is 3.16. The molecule has 0 aromatic heterocycles. The van der Waals surface area contributed by atoms with Crippen molar-refractivity contribution >= 4 is 0 Å². The van der Waals surface area contributed by atoms with Crippen molar-refractivity contribution in [1.29, 1.82) is 0 Å². The van der Waals surface area contributed by atoms with Gasteiger partial charge in [0, 0.05) is 12.1 Å². The predicted octanol–water partition coefficient (Wildman–Crippen LogP) is 4.55. The zero-order chi connectivity index (χ0) is 13.0. The summed E-state index contributed by atoms with van der Waals surface area (Å²) in [4.78, 5) is 0. The molecule has 4 atom stereocenters. The van der Waals surface area contributed by atoms with Crippen molar-refractivity contribution in [3.05, 3.63) is 35.9 Å². The lowest BCUT2D eigenvalue weighted by molar-refractivity contribution is 0.211. The summed E-state index contributed by atoms with van der Waals surface area (Å²) in [7, 11) is 0. The summed E-state index contributed by atoms with van der Waals surface area (Å²) in [6.45, 7) is 7.08. The van der Waals surface area contributed by atoms with Gasteiger partial charge in [-0.15, -0.1) is 0 Å². The SMILES string of the molecule is CCC(NC1CC(C)CCC1C)c1ccccc1. The molecule has 0 bridgehead atoms. The maximum atomic E-state index is 3.90. The van der Waals surface area contributed by atoms with Gasteiger partial charge in [0.1, 0.15) is 0 Å². The maximum Gasteiger partial charge on any atom is 0.0320 e. The van der Waals surface area contributed by atoms with Crippen molar-refractivity contribution < 1.29 is 0 Å². The molecule has 1 aliphatic carbocycles. The van der Waals surface area contributed by atoms with Crippen molar-refractivity contribution in [3.63, 3.8) is 0 Å². The van der Waals surface area contributed by atoms with Gasteiger partial charge in [0.2, 0.25) is 0 Å². The minimum absolute atomic E-state index is 0.518. The van der Waals surface area contributed by atoms with E-state index in [2.05, 4.69) is 56.4 Å². The molecule has 1 heteroatoms. The predicted molar refractivity (Wildman–Crippen MR) is 78.6 cm³/mol. The van der Waals surface area contributed by atoms with E-state index in [1.165, 1.54) is 31.2 Å². The van der Waals surface area contributed by atoms with Crippen molar-refractivity contribution in [2.45, 2.75) is 58.5 Å². The fourth-order valence-corrected chi connectivity index (χ4v) is 3.16. The van der Waals surface area contributed by atoms with Gasteiger partial charge in [-0.3, -0.25) is 0 Å². The number of hydrogen-bond donors (Lipinski definition) is 1. The molecular weight excluding hydrogens is 218 g/mol. The lowest BCUT2D eigenvalue weighted by atomic mass is 9.79. The molecule has 18 heavy (non-hydrogen) atoms. The standard InChI is InChI=1S/C17H27N/c1-4-16(15-8-6-5-7-9-15)18-17-12-13(2)10-11-14(17)3/h5-9,13-14,16-18H,4,10-12H2,1-3H3. The lowest BCUT2D eigenvalue weighted by Gasteiger charge is -2.36. The topological polar surface area (TPSA) is 12.0 Å². The number of nitrogens with one attached hydrogen (secondary N) is 1. The van der Waals surface area contributed by atoms with Crippen LogP contribution in [-0.2, 0) is 0 Å². The van der Waals surface area contributed by atoms with Gasteiger partial charge in [-0.1, -0.05) is 57.5 Å². The van der Waals surface area contributed by atoms with E-state index in [1.54, 1.807) is 0 Å². The van der Waals surface area contributed by atoms with Gasteiger partial charge in [-0.2, -0.15) is 0 Å². The Balaban J connectivity index is 2.01. The minimum atomic E-state index is 0.518. The van der Waals surface area contributed by atoms with Gasteiger partial charge in [-0.25, -0.2) is 0 Å². The van der Waals surface area contributed by atoms with Gasteiger partial charge in [0.05, 0.1) is 0 Å². The Morgan fingerprint density at radius 1 is 1.17 bits per heavy atom. The molecule has 1 aromatic rings. The molecule has 1 N–H and O–H groups in total. The van der Waals surface area contributed by atoms with Gasteiger partial charge in [-0.05, 0) is 36.7 Å². The van der Waals surface area contributed by atoms with E-state index in [0.29, 0.717) is 12.1 Å². The van der Waals surface area contributed by atoms with Crippen LogP contribution in [0, 0.1) is 11.8 Å². The average Bonchev–Trinajstić information content (AvgIpc) is 2.41. The molecule has 1 fully saturated rings. The Labute approximate surface area is 112 Å². The normalized spacial score (nSPS) is 30.1. The summed E-state index contributed by atoms with van der Waals surface area (Å²) < 4.78 is 0. The Morgan fingerprint density at radius 2 is 1.89 bits per heavy atom. The van der Waals surface area contributed by atoms with Crippen LogP contribution in [-0.4, -0.2) is 6.04 Å². The second kappa shape index (κ2) is 6.38. The highest BCUT2D eigenvalue weighted by atomic mass is 15.0. The number of rotatable bonds is 4. The Morgan fingerprint density at radius 3 is 2.56 bits per heavy atom.